The normalized spacial score (nSPS) is 19.4. The molecule has 0 amide bonds. The second-order valence-corrected chi connectivity index (χ2v) is 5.60. The van der Waals surface area contributed by atoms with Crippen LogP contribution in [0.15, 0.2) is 18.2 Å². The van der Waals surface area contributed by atoms with Gasteiger partial charge in [-0.25, -0.2) is 4.39 Å². The zero-order valence-corrected chi connectivity index (χ0v) is 12.8. The average Bonchev–Trinajstić information content (AvgIpc) is 2.49. The number of benzene rings is 1. The molecule has 1 aromatic rings. The van der Waals surface area contributed by atoms with Crippen molar-refractivity contribution in [1.29, 1.82) is 0 Å². The summed E-state index contributed by atoms with van der Waals surface area (Å²) in [5.41, 5.74) is 4.57. The summed E-state index contributed by atoms with van der Waals surface area (Å²) in [5.74, 6) is 5.57. The predicted molar refractivity (Wildman–Crippen MR) is 80.4 cm³/mol. The molecule has 0 spiro atoms. The SMILES string of the molecule is CCOC1(C(Cc2cc(F)ccc2C)NN)CCOCC1. The first-order chi connectivity index (χ1) is 10.1. The van der Waals surface area contributed by atoms with Crippen molar-refractivity contribution in [2.75, 3.05) is 19.8 Å². The minimum atomic E-state index is -0.347. The molecule has 0 radical (unpaired) electrons. The van der Waals surface area contributed by atoms with Gasteiger partial charge in [-0.3, -0.25) is 11.3 Å². The van der Waals surface area contributed by atoms with E-state index in [2.05, 4.69) is 5.43 Å². The second-order valence-electron chi connectivity index (χ2n) is 5.60. The first kappa shape index (κ1) is 16.4. The molecule has 0 bridgehead atoms. The number of hydrogen-bond acceptors (Lipinski definition) is 4. The van der Waals surface area contributed by atoms with Crippen LogP contribution in [0.3, 0.4) is 0 Å². The molecule has 0 aromatic heterocycles. The predicted octanol–water partition coefficient (Wildman–Crippen LogP) is 2.09. The number of hydrazine groups is 1. The second kappa shape index (κ2) is 7.31. The van der Waals surface area contributed by atoms with Crippen LogP contribution in [-0.4, -0.2) is 31.5 Å². The minimum absolute atomic E-state index is 0.0677. The Kier molecular flexibility index (Phi) is 5.70. The van der Waals surface area contributed by atoms with Gasteiger partial charge in [0, 0.05) is 32.7 Å². The van der Waals surface area contributed by atoms with Crippen LogP contribution in [0, 0.1) is 12.7 Å². The van der Waals surface area contributed by atoms with E-state index in [9.17, 15) is 4.39 Å². The summed E-state index contributed by atoms with van der Waals surface area (Å²) in [7, 11) is 0. The quantitative estimate of drug-likeness (QED) is 0.623. The first-order valence-corrected chi connectivity index (χ1v) is 7.54. The zero-order valence-electron chi connectivity index (χ0n) is 12.8. The summed E-state index contributed by atoms with van der Waals surface area (Å²) < 4.78 is 25.0. The summed E-state index contributed by atoms with van der Waals surface area (Å²) >= 11 is 0. The maximum Gasteiger partial charge on any atom is 0.123 e. The summed E-state index contributed by atoms with van der Waals surface area (Å²) in [6, 6.07) is 4.80. The van der Waals surface area contributed by atoms with Crippen molar-refractivity contribution in [1.82, 2.24) is 5.43 Å². The van der Waals surface area contributed by atoms with Crippen LogP contribution >= 0.6 is 0 Å². The maximum absolute atomic E-state index is 13.5. The van der Waals surface area contributed by atoms with E-state index in [4.69, 9.17) is 15.3 Å². The molecule has 21 heavy (non-hydrogen) atoms. The zero-order chi connectivity index (χ0) is 15.3. The summed E-state index contributed by atoms with van der Waals surface area (Å²) in [6.07, 6.45) is 2.23. The van der Waals surface area contributed by atoms with Gasteiger partial charge >= 0.3 is 0 Å². The van der Waals surface area contributed by atoms with Crippen LogP contribution in [-0.2, 0) is 15.9 Å². The molecule has 3 N–H and O–H groups in total. The molecule has 1 unspecified atom stereocenters. The molecule has 0 aliphatic carbocycles. The van der Waals surface area contributed by atoms with E-state index in [1.165, 1.54) is 6.07 Å². The Morgan fingerprint density at radius 3 is 2.76 bits per heavy atom. The fourth-order valence-electron chi connectivity index (χ4n) is 3.07. The highest BCUT2D eigenvalue weighted by atomic mass is 19.1. The molecule has 118 valence electrons. The van der Waals surface area contributed by atoms with E-state index in [-0.39, 0.29) is 17.5 Å². The van der Waals surface area contributed by atoms with Gasteiger partial charge in [0.15, 0.2) is 0 Å². The number of nitrogens with one attached hydrogen (secondary N) is 1. The van der Waals surface area contributed by atoms with Crippen molar-refractivity contribution in [2.24, 2.45) is 5.84 Å². The van der Waals surface area contributed by atoms with Gasteiger partial charge in [0.2, 0.25) is 0 Å². The maximum atomic E-state index is 13.5. The average molecular weight is 296 g/mol. The van der Waals surface area contributed by atoms with E-state index < -0.39 is 0 Å². The lowest BCUT2D eigenvalue weighted by atomic mass is 9.82. The Balaban J connectivity index is 2.22. The van der Waals surface area contributed by atoms with Crippen LogP contribution < -0.4 is 11.3 Å². The molecule has 1 aromatic carbocycles. The Hall–Kier alpha value is -1.01. The molecule has 1 aliphatic heterocycles. The van der Waals surface area contributed by atoms with E-state index in [0.717, 1.165) is 24.0 Å². The smallest absolute Gasteiger partial charge is 0.123 e. The fraction of sp³-hybridized carbons (Fsp3) is 0.625. The van der Waals surface area contributed by atoms with E-state index >= 15 is 0 Å². The summed E-state index contributed by atoms with van der Waals surface area (Å²) in [5, 5.41) is 0. The molecule has 1 aliphatic rings. The van der Waals surface area contributed by atoms with E-state index in [0.29, 0.717) is 26.2 Å². The lowest BCUT2D eigenvalue weighted by molar-refractivity contribution is -0.126. The third-order valence-electron chi connectivity index (χ3n) is 4.34. The van der Waals surface area contributed by atoms with Gasteiger partial charge < -0.3 is 9.47 Å². The molecule has 0 saturated carbocycles. The van der Waals surface area contributed by atoms with Crippen LogP contribution in [0.2, 0.25) is 0 Å². The van der Waals surface area contributed by atoms with Gasteiger partial charge in [0.05, 0.1) is 11.6 Å². The number of ether oxygens (including phenoxy) is 2. The molecule has 1 saturated heterocycles. The van der Waals surface area contributed by atoms with Crippen LogP contribution in [0.25, 0.3) is 0 Å². The highest BCUT2D eigenvalue weighted by Crippen LogP contribution is 2.31. The molecule has 5 heteroatoms. The highest BCUT2D eigenvalue weighted by Gasteiger charge is 2.41. The highest BCUT2D eigenvalue weighted by molar-refractivity contribution is 5.28. The molecule has 4 nitrogen and oxygen atoms in total. The van der Waals surface area contributed by atoms with Crippen LogP contribution in [0.5, 0.6) is 0 Å². The van der Waals surface area contributed by atoms with Crippen molar-refractivity contribution in [3.05, 3.63) is 35.1 Å². The third kappa shape index (κ3) is 3.80. The largest absolute Gasteiger partial charge is 0.381 e. The molecular formula is C16H25FN2O2. The van der Waals surface area contributed by atoms with Gasteiger partial charge in [0.1, 0.15) is 5.82 Å². The van der Waals surface area contributed by atoms with Crippen molar-refractivity contribution in [3.63, 3.8) is 0 Å². The number of aryl methyl sites for hydroxylation is 1. The van der Waals surface area contributed by atoms with Crippen molar-refractivity contribution in [3.8, 4) is 0 Å². The lowest BCUT2D eigenvalue weighted by Crippen LogP contribution is -2.58. The Morgan fingerprint density at radius 2 is 2.14 bits per heavy atom. The topological polar surface area (TPSA) is 56.5 Å². The fourth-order valence-corrected chi connectivity index (χ4v) is 3.07. The standard InChI is InChI=1S/C16H25FN2O2/c1-3-21-16(6-8-20-9-7-16)15(19-18)11-13-10-14(17)5-4-12(13)2/h4-5,10,15,19H,3,6-9,11,18H2,1-2H3. The van der Waals surface area contributed by atoms with E-state index in [1.807, 2.05) is 13.8 Å². The molecule has 1 heterocycles. The molecule has 1 fully saturated rings. The summed E-state index contributed by atoms with van der Waals surface area (Å²) in [4.78, 5) is 0. The number of hydrogen-bond donors (Lipinski definition) is 2. The monoisotopic (exact) mass is 296 g/mol. The summed E-state index contributed by atoms with van der Waals surface area (Å²) in [6.45, 7) is 5.93. The molecule has 2 rings (SSSR count). The van der Waals surface area contributed by atoms with Crippen molar-refractivity contribution in [2.45, 2.75) is 44.8 Å². The van der Waals surface area contributed by atoms with Gasteiger partial charge in [-0.05, 0) is 43.5 Å². The number of halogens is 1. The lowest BCUT2D eigenvalue weighted by Gasteiger charge is -2.43. The Bertz CT molecular complexity index is 456. The number of nitrogens with two attached hydrogens (primary N) is 1. The van der Waals surface area contributed by atoms with E-state index in [1.54, 1.807) is 12.1 Å². The van der Waals surface area contributed by atoms with Crippen molar-refractivity contribution >= 4 is 0 Å². The first-order valence-electron chi connectivity index (χ1n) is 7.54. The Labute approximate surface area is 125 Å². The van der Waals surface area contributed by atoms with Crippen LogP contribution in [0.4, 0.5) is 4.39 Å². The molecular weight excluding hydrogens is 271 g/mol. The minimum Gasteiger partial charge on any atom is -0.381 e. The van der Waals surface area contributed by atoms with Crippen LogP contribution in [0.1, 0.15) is 30.9 Å². The van der Waals surface area contributed by atoms with Gasteiger partial charge in [-0.15, -0.1) is 0 Å². The van der Waals surface area contributed by atoms with Gasteiger partial charge in [0.25, 0.3) is 0 Å². The molecule has 1 atom stereocenters. The van der Waals surface area contributed by atoms with Crippen molar-refractivity contribution < 1.29 is 13.9 Å². The third-order valence-corrected chi connectivity index (χ3v) is 4.34. The van der Waals surface area contributed by atoms with Gasteiger partial charge in [-0.1, -0.05) is 6.07 Å². The van der Waals surface area contributed by atoms with Gasteiger partial charge in [-0.2, -0.15) is 0 Å². The number of rotatable bonds is 6. The Morgan fingerprint density at radius 1 is 1.43 bits per heavy atom.